The minimum absolute atomic E-state index is 0.0548. The molecule has 0 aliphatic carbocycles. The first-order valence-electron chi connectivity index (χ1n) is 7.14. The van der Waals surface area contributed by atoms with Crippen LogP contribution < -0.4 is 14.8 Å². The van der Waals surface area contributed by atoms with Crippen molar-refractivity contribution in [1.29, 1.82) is 0 Å². The third-order valence-electron chi connectivity index (χ3n) is 3.40. The number of phenols is 1. The van der Waals surface area contributed by atoms with Crippen LogP contribution in [0.5, 0.6) is 17.2 Å². The summed E-state index contributed by atoms with van der Waals surface area (Å²) < 4.78 is 10.5. The Balaban J connectivity index is 2.24. The quantitative estimate of drug-likeness (QED) is 0.631. The van der Waals surface area contributed by atoms with Crippen molar-refractivity contribution < 1.29 is 19.4 Å². The molecule has 0 saturated heterocycles. The molecule has 0 spiro atoms. The Hall–Kier alpha value is -2.66. The molecule has 0 unspecified atom stereocenters. The van der Waals surface area contributed by atoms with E-state index in [1.807, 2.05) is 6.07 Å². The predicted octanol–water partition coefficient (Wildman–Crippen LogP) is 4.10. The number of nitrogens with one attached hydrogen (secondary N) is 1. The van der Waals surface area contributed by atoms with Crippen molar-refractivity contribution in [3.63, 3.8) is 0 Å². The standard InChI is InChI=1S/C18H18ClNO4/c1-11(14-6-5-13(23-2)10-17(14)24-3)8-18(22)20-15-9-12(19)4-7-16(15)21/h4-10,21H,1-3H3,(H,20,22)/b11-8+. The van der Waals surface area contributed by atoms with Crippen LogP contribution in [0, 0.1) is 0 Å². The smallest absolute Gasteiger partial charge is 0.248 e. The highest BCUT2D eigenvalue weighted by molar-refractivity contribution is 6.31. The van der Waals surface area contributed by atoms with Gasteiger partial charge in [-0.1, -0.05) is 11.6 Å². The maximum atomic E-state index is 12.2. The van der Waals surface area contributed by atoms with Gasteiger partial charge in [-0.05, 0) is 42.8 Å². The number of hydrogen-bond acceptors (Lipinski definition) is 4. The van der Waals surface area contributed by atoms with Gasteiger partial charge in [-0.25, -0.2) is 0 Å². The molecule has 0 aromatic heterocycles. The number of halogens is 1. The van der Waals surface area contributed by atoms with Crippen LogP contribution in [0.4, 0.5) is 5.69 Å². The number of anilines is 1. The fraction of sp³-hybridized carbons (Fsp3) is 0.167. The lowest BCUT2D eigenvalue weighted by Gasteiger charge is -2.11. The molecule has 126 valence electrons. The molecule has 0 atom stereocenters. The number of carbonyl (C=O) groups is 1. The Labute approximate surface area is 145 Å². The first-order chi connectivity index (χ1) is 11.4. The molecule has 2 rings (SSSR count). The van der Waals surface area contributed by atoms with Crippen LogP contribution in [0.15, 0.2) is 42.5 Å². The highest BCUT2D eigenvalue weighted by Crippen LogP contribution is 2.30. The van der Waals surface area contributed by atoms with E-state index in [-0.39, 0.29) is 17.3 Å². The number of phenolic OH excluding ortho intramolecular Hbond substituents is 1. The van der Waals surface area contributed by atoms with E-state index in [9.17, 15) is 9.90 Å². The minimum Gasteiger partial charge on any atom is -0.506 e. The SMILES string of the molecule is COc1ccc(/C(C)=C/C(=O)Nc2cc(Cl)ccc2O)c(OC)c1. The Bertz CT molecular complexity index is 787. The maximum absolute atomic E-state index is 12.2. The van der Waals surface area contributed by atoms with Crippen molar-refractivity contribution in [3.05, 3.63) is 53.1 Å². The van der Waals surface area contributed by atoms with E-state index in [0.717, 1.165) is 5.56 Å². The van der Waals surface area contributed by atoms with E-state index in [2.05, 4.69) is 5.32 Å². The molecule has 0 bridgehead atoms. The zero-order valence-corrected chi connectivity index (χ0v) is 14.3. The first kappa shape index (κ1) is 17.7. The molecule has 0 saturated carbocycles. The van der Waals surface area contributed by atoms with Gasteiger partial charge in [0.25, 0.3) is 0 Å². The molecule has 0 aliphatic heterocycles. The molecular weight excluding hydrogens is 330 g/mol. The molecule has 2 N–H and O–H groups in total. The lowest BCUT2D eigenvalue weighted by atomic mass is 10.1. The zero-order valence-electron chi connectivity index (χ0n) is 13.6. The molecule has 0 heterocycles. The molecule has 0 aliphatic rings. The summed E-state index contributed by atoms with van der Waals surface area (Å²) >= 11 is 5.86. The van der Waals surface area contributed by atoms with Crippen LogP contribution in [0.2, 0.25) is 5.02 Å². The van der Waals surface area contributed by atoms with E-state index in [1.54, 1.807) is 33.3 Å². The van der Waals surface area contributed by atoms with Crippen LogP contribution in [0.25, 0.3) is 5.57 Å². The van der Waals surface area contributed by atoms with E-state index in [4.69, 9.17) is 21.1 Å². The first-order valence-corrected chi connectivity index (χ1v) is 7.52. The number of carbonyl (C=O) groups excluding carboxylic acids is 1. The third kappa shape index (κ3) is 4.20. The van der Waals surface area contributed by atoms with Gasteiger partial charge in [0, 0.05) is 22.7 Å². The Morgan fingerprint density at radius 3 is 2.58 bits per heavy atom. The second kappa shape index (κ2) is 7.75. The van der Waals surface area contributed by atoms with Gasteiger partial charge in [0.1, 0.15) is 17.2 Å². The number of amides is 1. The van der Waals surface area contributed by atoms with Gasteiger partial charge in [-0.2, -0.15) is 0 Å². The number of ether oxygens (including phenoxy) is 2. The second-order valence-corrected chi connectivity index (χ2v) is 5.48. The van der Waals surface area contributed by atoms with Crippen molar-refractivity contribution >= 4 is 28.8 Å². The number of allylic oxidation sites excluding steroid dienone is 1. The summed E-state index contributed by atoms with van der Waals surface area (Å²) in [5.41, 5.74) is 1.72. The molecule has 5 nitrogen and oxygen atoms in total. The van der Waals surface area contributed by atoms with Crippen LogP contribution >= 0.6 is 11.6 Å². The van der Waals surface area contributed by atoms with Crippen LogP contribution in [0.1, 0.15) is 12.5 Å². The summed E-state index contributed by atoms with van der Waals surface area (Å²) in [4.78, 5) is 12.2. The second-order valence-electron chi connectivity index (χ2n) is 5.04. The van der Waals surface area contributed by atoms with E-state index < -0.39 is 0 Å². The highest BCUT2D eigenvalue weighted by atomic mass is 35.5. The van der Waals surface area contributed by atoms with Gasteiger partial charge in [-0.15, -0.1) is 0 Å². The fourth-order valence-electron chi connectivity index (χ4n) is 2.18. The molecule has 0 radical (unpaired) electrons. The number of benzene rings is 2. The minimum atomic E-state index is -0.386. The van der Waals surface area contributed by atoms with Crippen molar-refractivity contribution in [2.75, 3.05) is 19.5 Å². The lowest BCUT2D eigenvalue weighted by molar-refractivity contribution is -0.111. The van der Waals surface area contributed by atoms with Crippen molar-refractivity contribution in [3.8, 4) is 17.2 Å². The number of rotatable bonds is 5. The maximum Gasteiger partial charge on any atom is 0.248 e. The summed E-state index contributed by atoms with van der Waals surface area (Å²) in [6.07, 6.45) is 1.42. The van der Waals surface area contributed by atoms with Gasteiger partial charge in [0.15, 0.2) is 0 Å². The third-order valence-corrected chi connectivity index (χ3v) is 3.63. The molecule has 2 aromatic carbocycles. The summed E-state index contributed by atoms with van der Waals surface area (Å²) in [6, 6.07) is 9.78. The summed E-state index contributed by atoms with van der Waals surface area (Å²) in [5, 5.41) is 12.8. The number of aromatic hydroxyl groups is 1. The summed E-state index contributed by atoms with van der Waals surface area (Å²) in [6.45, 7) is 1.79. The molecule has 6 heteroatoms. The van der Waals surface area contributed by atoms with E-state index in [1.165, 1.54) is 24.3 Å². The van der Waals surface area contributed by atoms with Crippen LogP contribution in [-0.2, 0) is 4.79 Å². The van der Waals surface area contributed by atoms with E-state index in [0.29, 0.717) is 22.1 Å². The normalized spacial score (nSPS) is 11.1. The number of hydrogen-bond donors (Lipinski definition) is 2. The predicted molar refractivity (Wildman–Crippen MR) is 94.9 cm³/mol. The monoisotopic (exact) mass is 347 g/mol. The van der Waals surface area contributed by atoms with E-state index >= 15 is 0 Å². The molecule has 2 aromatic rings. The zero-order chi connectivity index (χ0) is 17.7. The van der Waals surface area contributed by atoms with Crippen molar-refractivity contribution in [2.24, 2.45) is 0 Å². The van der Waals surface area contributed by atoms with Gasteiger partial charge in [0.2, 0.25) is 5.91 Å². The van der Waals surface area contributed by atoms with Gasteiger partial charge < -0.3 is 19.9 Å². The van der Waals surface area contributed by atoms with Gasteiger partial charge in [0.05, 0.1) is 19.9 Å². The van der Waals surface area contributed by atoms with Gasteiger partial charge in [-0.3, -0.25) is 4.79 Å². The Morgan fingerprint density at radius 2 is 1.92 bits per heavy atom. The fourth-order valence-corrected chi connectivity index (χ4v) is 2.35. The van der Waals surface area contributed by atoms with Crippen molar-refractivity contribution in [2.45, 2.75) is 6.92 Å². The topological polar surface area (TPSA) is 67.8 Å². The van der Waals surface area contributed by atoms with Crippen LogP contribution in [0.3, 0.4) is 0 Å². The Kier molecular flexibility index (Phi) is 5.71. The van der Waals surface area contributed by atoms with Crippen molar-refractivity contribution in [1.82, 2.24) is 0 Å². The Morgan fingerprint density at radius 1 is 1.17 bits per heavy atom. The number of methoxy groups -OCH3 is 2. The van der Waals surface area contributed by atoms with Gasteiger partial charge >= 0.3 is 0 Å². The highest BCUT2D eigenvalue weighted by Gasteiger charge is 2.10. The molecule has 1 amide bonds. The molecule has 24 heavy (non-hydrogen) atoms. The molecule has 0 fully saturated rings. The largest absolute Gasteiger partial charge is 0.506 e. The summed E-state index contributed by atoms with van der Waals surface area (Å²) in [5.74, 6) is 0.821. The average Bonchev–Trinajstić information content (AvgIpc) is 2.57. The lowest BCUT2D eigenvalue weighted by Crippen LogP contribution is -2.09. The molecular formula is C18H18ClNO4. The summed E-state index contributed by atoms with van der Waals surface area (Å²) in [7, 11) is 3.12. The average molecular weight is 348 g/mol. The van der Waals surface area contributed by atoms with Crippen LogP contribution in [-0.4, -0.2) is 25.2 Å².